The third-order valence-corrected chi connectivity index (χ3v) is 8.94. The molecule has 5 heteroatoms. The lowest BCUT2D eigenvalue weighted by Gasteiger charge is -2.50. The maximum absolute atomic E-state index is 13.0. The number of benzene rings is 2. The van der Waals surface area contributed by atoms with Crippen LogP contribution in [-0.2, 0) is 0 Å². The molecular weight excluding hydrogens is 434 g/mol. The minimum Gasteiger partial charge on any atom is -0.497 e. The predicted molar refractivity (Wildman–Crippen MR) is 139 cm³/mol. The van der Waals surface area contributed by atoms with Crippen molar-refractivity contribution in [1.29, 1.82) is 0 Å². The monoisotopic (exact) mass is 471 g/mol. The van der Waals surface area contributed by atoms with Gasteiger partial charge >= 0.3 is 0 Å². The van der Waals surface area contributed by atoms with Gasteiger partial charge in [0.1, 0.15) is 5.75 Å². The third kappa shape index (κ3) is 3.89. The summed E-state index contributed by atoms with van der Waals surface area (Å²) in [5.41, 5.74) is 3.35. The number of methoxy groups -OCH3 is 1. The molecular formula is C30H37N3O2. The van der Waals surface area contributed by atoms with E-state index in [2.05, 4.69) is 52.8 Å². The van der Waals surface area contributed by atoms with Crippen LogP contribution in [0.25, 0.3) is 0 Å². The summed E-state index contributed by atoms with van der Waals surface area (Å²) >= 11 is 0. The highest BCUT2D eigenvalue weighted by molar-refractivity contribution is 5.94. The fourth-order valence-corrected chi connectivity index (χ4v) is 7.48. The number of amides is 1. The van der Waals surface area contributed by atoms with Crippen LogP contribution in [0.15, 0.2) is 61.2 Å². The number of nitrogens with zero attached hydrogens (tertiary/aromatic N) is 3. The Morgan fingerprint density at radius 3 is 2.26 bits per heavy atom. The smallest absolute Gasteiger partial charge is 0.253 e. The van der Waals surface area contributed by atoms with E-state index in [1.165, 1.54) is 36.8 Å². The van der Waals surface area contributed by atoms with Crippen LogP contribution in [0.5, 0.6) is 5.75 Å². The number of likely N-dealkylation sites (tertiary alicyclic amines) is 1. The molecule has 0 saturated carbocycles. The first-order chi connectivity index (χ1) is 17.2. The van der Waals surface area contributed by atoms with E-state index >= 15 is 0 Å². The van der Waals surface area contributed by atoms with Crippen molar-refractivity contribution in [2.45, 2.75) is 68.7 Å². The summed E-state index contributed by atoms with van der Waals surface area (Å²) in [4.78, 5) is 20.5. The van der Waals surface area contributed by atoms with Gasteiger partial charge in [-0.3, -0.25) is 14.6 Å². The van der Waals surface area contributed by atoms with E-state index in [1.54, 1.807) is 7.11 Å². The quantitative estimate of drug-likeness (QED) is 0.539. The summed E-state index contributed by atoms with van der Waals surface area (Å²) in [5, 5.41) is 0. The zero-order valence-electron chi connectivity index (χ0n) is 20.8. The van der Waals surface area contributed by atoms with Crippen molar-refractivity contribution >= 4 is 5.91 Å². The van der Waals surface area contributed by atoms with Crippen LogP contribution in [0.2, 0.25) is 0 Å². The van der Waals surface area contributed by atoms with Crippen molar-refractivity contribution in [3.8, 4) is 5.75 Å². The predicted octanol–water partition coefficient (Wildman–Crippen LogP) is 4.89. The van der Waals surface area contributed by atoms with Crippen molar-refractivity contribution in [2.24, 2.45) is 0 Å². The number of piperazine rings is 1. The van der Waals surface area contributed by atoms with Gasteiger partial charge in [-0.1, -0.05) is 30.3 Å². The first kappa shape index (κ1) is 22.8. The molecule has 1 amide bonds. The molecule has 35 heavy (non-hydrogen) atoms. The lowest BCUT2D eigenvalue weighted by molar-refractivity contribution is -0.00329. The van der Waals surface area contributed by atoms with E-state index in [0.717, 1.165) is 43.8 Å². The average molecular weight is 472 g/mol. The van der Waals surface area contributed by atoms with Crippen molar-refractivity contribution in [3.05, 3.63) is 77.9 Å². The largest absolute Gasteiger partial charge is 0.497 e. The van der Waals surface area contributed by atoms with Crippen molar-refractivity contribution in [3.63, 3.8) is 0 Å². The minimum atomic E-state index is 0.160. The van der Waals surface area contributed by atoms with Gasteiger partial charge in [0.25, 0.3) is 5.91 Å². The van der Waals surface area contributed by atoms with Crippen LogP contribution in [0, 0.1) is 0 Å². The molecule has 0 spiro atoms. The van der Waals surface area contributed by atoms with Gasteiger partial charge in [0.15, 0.2) is 0 Å². The topological polar surface area (TPSA) is 36.0 Å². The molecule has 4 aliphatic heterocycles. The van der Waals surface area contributed by atoms with Crippen LogP contribution in [0.3, 0.4) is 0 Å². The lowest BCUT2D eigenvalue weighted by atomic mass is 9.91. The second kappa shape index (κ2) is 9.44. The Balaban J connectivity index is 1.37. The van der Waals surface area contributed by atoms with E-state index < -0.39 is 0 Å². The molecule has 0 aromatic heterocycles. The number of ether oxygens (including phenoxy) is 1. The normalized spacial score (nSPS) is 28.9. The molecule has 4 heterocycles. The van der Waals surface area contributed by atoms with Gasteiger partial charge in [0, 0.05) is 49.4 Å². The molecule has 0 N–H and O–H groups in total. The van der Waals surface area contributed by atoms with Gasteiger partial charge < -0.3 is 9.64 Å². The van der Waals surface area contributed by atoms with E-state index in [0.29, 0.717) is 24.2 Å². The molecule has 0 radical (unpaired) electrons. The highest BCUT2D eigenvalue weighted by atomic mass is 16.5. The number of fused-ring (bicyclic) bond motifs is 6. The first-order valence-corrected chi connectivity index (χ1v) is 13.4. The van der Waals surface area contributed by atoms with Gasteiger partial charge in [-0.05, 0) is 73.9 Å². The zero-order chi connectivity index (χ0) is 23.9. The zero-order valence-corrected chi connectivity index (χ0v) is 20.8. The number of carbonyl (C=O) groups is 1. The Morgan fingerprint density at radius 2 is 1.63 bits per heavy atom. The van der Waals surface area contributed by atoms with Crippen LogP contribution in [-0.4, -0.2) is 71.5 Å². The van der Waals surface area contributed by atoms with E-state index in [4.69, 9.17) is 4.74 Å². The summed E-state index contributed by atoms with van der Waals surface area (Å²) in [6.45, 7) is 6.80. The highest BCUT2D eigenvalue weighted by Crippen LogP contribution is 2.50. The summed E-state index contributed by atoms with van der Waals surface area (Å²) in [6.07, 6.45) is 9.39. The summed E-state index contributed by atoms with van der Waals surface area (Å²) < 4.78 is 5.62. The summed E-state index contributed by atoms with van der Waals surface area (Å²) in [7, 11) is 1.74. The Morgan fingerprint density at radius 1 is 0.971 bits per heavy atom. The molecule has 4 saturated heterocycles. The van der Waals surface area contributed by atoms with Gasteiger partial charge in [-0.2, -0.15) is 0 Å². The molecule has 0 aliphatic carbocycles. The fourth-order valence-electron chi connectivity index (χ4n) is 7.48. The second-order valence-corrected chi connectivity index (χ2v) is 10.7. The van der Waals surface area contributed by atoms with Crippen LogP contribution in [0.1, 0.15) is 66.1 Å². The lowest BCUT2D eigenvalue weighted by Crippen LogP contribution is -2.60. The van der Waals surface area contributed by atoms with E-state index in [-0.39, 0.29) is 11.9 Å². The first-order valence-electron chi connectivity index (χ1n) is 13.4. The van der Waals surface area contributed by atoms with Crippen LogP contribution in [0.4, 0.5) is 0 Å². The Kier molecular flexibility index (Phi) is 6.15. The highest BCUT2D eigenvalue weighted by Gasteiger charge is 2.56. The molecule has 2 aromatic carbocycles. The van der Waals surface area contributed by atoms with Crippen LogP contribution >= 0.6 is 0 Å². The van der Waals surface area contributed by atoms with Gasteiger partial charge in [-0.15, -0.1) is 6.58 Å². The second-order valence-electron chi connectivity index (χ2n) is 10.7. The SMILES string of the molecule is C=CCN1C2CCC1C1CCC2N1C(c1ccc(C(=O)N2CCCC2)cc1)c1cccc(OC)c1. The van der Waals surface area contributed by atoms with Crippen LogP contribution < -0.4 is 4.74 Å². The number of hydrogen-bond donors (Lipinski definition) is 0. The third-order valence-electron chi connectivity index (χ3n) is 8.94. The Labute approximate surface area is 209 Å². The standard InChI is InChI=1S/C30H37N3O2/c1-3-17-32-25-13-14-26(32)28-16-15-27(25)33(28)29(23-7-6-8-24(20-23)35-2)21-9-11-22(12-10-21)30(34)31-18-4-5-19-31/h3,6-12,20,25-29H,1,4-5,13-19H2,2H3. The van der Waals surface area contributed by atoms with Gasteiger partial charge in [0.05, 0.1) is 13.2 Å². The molecule has 5 nitrogen and oxygen atoms in total. The van der Waals surface area contributed by atoms with Gasteiger partial charge in [0.2, 0.25) is 0 Å². The van der Waals surface area contributed by atoms with Crippen molar-refractivity contribution in [2.75, 3.05) is 26.7 Å². The molecule has 4 aliphatic rings. The molecule has 5 atom stereocenters. The Hall–Kier alpha value is -2.63. The molecule has 6 rings (SSSR count). The molecule has 4 fully saturated rings. The van der Waals surface area contributed by atoms with Crippen molar-refractivity contribution in [1.82, 2.24) is 14.7 Å². The average Bonchev–Trinajstić information content (AvgIpc) is 3.61. The number of rotatable bonds is 7. The van der Waals surface area contributed by atoms with E-state index in [1.807, 2.05) is 23.1 Å². The number of carbonyl (C=O) groups excluding carboxylic acids is 1. The minimum absolute atomic E-state index is 0.160. The molecule has 4 bridgehead atoms. The summed E-state index contributed by atoms with van der Waals surface area (Å²) in [5.74, 6) is 1.07. The number of hydrogen-bond acceptors (Lipinski definition) is 4. The Bertz CT molecular complexity index is 1060. The fraction of sp³-hybridized carbons (Fsp3) is 0.500. The summed E-state index contributed by atoms with van der Waals surface area (Å²) in [6, 6.07) is 19.5. The van der Waals surface area contributed by atoms with Gasteiger partial charge in [-0.25, -0.2) is 0 Å². The van der Waals surface area contributed by atoms with E-state index in [9.17, 15) is 4.79 Å². The maximum Gasteiger partial charge on any atom is 0.253 e. The molecule has 184 valence electrons. The molecule has 2 aromatic rings. The maximum atomic E-state index is 13.0. The van der Waals surface area contributed by atoms with Crippen molar-refractivity contribution < 1.29 is 9.53 Å². The molecule has 5 unspecified atom stereocenters.